The molecule has 0 radical (unpaired) electrons. The molecule has 1 atom stereocenters. The predicted molar refractivity (Wildman–Crippen MR) is 182 cm³/mol. The standard InChI is InChI=1S/C36H42N6O4/c1-22-26(10-9-11-28(22)39-33(43)27-17-14-24(36(2,3)4)20-30(27)46-8)29-21-42(7)35(45)32(38-29)37-25-15-12-23(13-16-25)31-34(44)41(6)19-18-40(31)5/h9-17,20-21,31H,18-19H2,1-8H3,(H,37,38)(H,39,43). The summed E-state index contributed by atoms with van der Waals surface area (Å²) in [5.41, 5.74) is 5.45. The second kappa shape index (κ2) is 12.8. The Morgan fingerprint density at radius 2 is 1.70 bits per heavy atom. The fourth-order valence-electron chi connectivity index (χ4n) is 5.63. The zero-order valence-corrected chi connectivity index (χ0v) is 27.8. The Morgan fingerprint density at radius 1 is 0.978 bits per heavy atom. The zero-order valence-electron chi connectivity index (χ0n) is 27.8. The Bertz CT molecular complexity index is 1840. The molecule has 2 amide bonds. The van der Waals surface area contributed by atoms with Crippen molar-refractivity contribution in [2.24, 2.45) is 7.05 Å². The summed E-state index contributed by atoms with van der Waals surface area (Å²) in [5, 5.41) is 6.19. The van der Waals surface area contributed by atoms with Crippen LogP contribution in [0.1, 0.15) is 53.9 Å². The SMILES string of the molecule is COc1cc(C(C)(C)C)ccc1C(=O)Nc1cccc(-c2cn(C)c(=O)c(Nc3ccc(C4C(=O)N(C)CCN4C)cc3)n2)c1C. The van der Waals surface area contributed by atoms with Gasteiger partial charge in [-0.2, -0.15) is 0 Å². The van der Waals surface area contributed by atoms with Gasteiger partial charge in [-0.25, -0.2) is 4.98 Å². The number of anilines is 3. The molecular formula is C36H42N6O4. The summed E-state index contributed by atoms with van der Waals surface area (Å²) in [6.07, 6.45) is 1.68. The van der Waals surface area contributed by atoms with Crippen LogP contribution in [0.5, 0.6) is 5.75 Å². The number of rotatable bonds is 7. The van der Waals surface area contributed by atoms with Crippen LogP contribution in [0, 0.1) is 6.92 Å². The third-order valence-corrected chi connectivity index (χ3v) is 8.57. The summed E-state index contributed by atoms with van der Waals surface area (Å²) >= 11 is 0. The van der Waals surface area contributed by atoms with Crippen molar-refractivity contribution in [1.29, 1.82) is 0 Å². The Kier molecular flexibility index (Phi) is 9.03. The van der Waals surface area contributed by atoms with Crippen molar-refractivity contribution in [2.45, 2.75) is 39.2 Å². The number of methoxy groups -OCH3 is 1. The van der Waals surface area contributed by atoms with Crippen LogP contribution in [0.25, 0.3) is 11.3 Å². The number of piperazine rings is 1. The Labute approximate surface area is 270 Å². The van der Waals surface area contributed by atoms with Crippen LogP contribution in [-0.2, 0) is 17.3 Å². The number of benzene rings is 3. The van der Waals surface area contributed by atoms with E-state index in [1.54, 1.807) is 31.3 Å². The first-order chi connectivity index (χ1) is 21.8. The number of nitrogens with one attached hydrogen (secondary N) is 2. The molecule has 240 valence electrons. The molecule has 1 aliphatic rings. The molecule has 4 aromatic rings. The van der Waals surface area contributed by atoms with Crippen molar-refractivity contribution < 1.29 is 14.3 Å². The van der Waals surface area contributed by atoms with Crippen molar-refractivity contribution in [3.8, 4) is 17.0 Å². The normalized spacial score (nSPS) is 15.5. The number of aromatic nitrogens is 2. The number of ether oxygens (including phenoxy) is 1. The predicted octanol–water partition coefficient (Wildman–Crippen LogP) is 5.50. The van der Waals surface area contributed by atoms with E-state index < -0.39 is 0 Å². The largest absolute Gasteiger partial charge is 0.496 e. The molecule has 46 heavy (non-hydrogen) atoms. The molecule has 0 bridgehead atoms. The molecule has 0 saturated carbocycles. The van der Waals surface area contributed by atoms with E-state index >= 15 is 0 Å². The minimum atomic E-state index is -0.346. The number of nitrogens with zero attached hydrogens (tertiary/aromatic N) is 4. The first kappa shape index (κ1) is 32.4. The highest BCUT2D eigenvalue weighted by Crippen LogP contribution is 2.32. The van der Waals surface area contributed by atoms with Crippen molar-refractivity contribution in [1.82, 2.24) is 19.4 Å². The highest BCUT2D eigenvalue weighted by molar-refractivity contribution is 6.07. The third-order valence-electron chi connectivity index (χ3n) is 8.57. The van der Waals surface area contributed by atoms with Gasteiger partial charge in [-0.3, -0.25) is 19.3 Å². The highest BCUT2D eigenvalue weighted by Gasteiger charge is 2.32. The van der Waals surface area contributed by atoms with Gasteiger partial charge in [0, 0.05) is 50.3 Å². The second-order valence-electron chi connectivity index (χ2n) is 12.9. The molecule has 0 spiro atoms. The molecular weight excluding hydrogens is 580 g/mol. The topological polar surface area (TPSA) is 109 Å². The lowest BCUT2D eigenvalue weighted by Gasteiger charge is -2.37. The molecule has 1 aliphatic heterocycles. The maximum absolute atomic E-state index is 13.4. The number of carbonyl (C=O) groups is 2. The van der Waals surface area contributed by atoms with E-state index in [1.807, 2.05) is 80.5 Å². The van der Waals surface area contributed by atoms with Crippen molar-refractivity contribution in [2.75, 3.05) is 44.9 Å². The van der Waals surface area contributed by atoms with Gasteiger partial charge in [0.05, 0.1) is 18.4 Å². The van der Waals surface area contributed by atoms with E-state index in [9.17, 15) is 14.4 Å². The molecule has 1 unspecified atom stereocenters. The average molecular weight is 623 g/mol. The maximum Gasteiger partial charge on any atom is 0.293 e. The summed E-state index contributed by atoms with van der Waals surface area (Å²) in [6, 6.07) is 18.4. The molecule has 1 aromatic heterocycles. The van der Waals surface area contributed by atoms with Gasteiger partial charge in [-0.05, 0) is 66.4 Å². The second-order valence-corrected chi connectivity index (χ2v) is 12.9. The van der Waals surface area contributed by atoms with Crippen LogP contribution < -0.4 is 20.9 Å². The highest BCUT2D eigenvalue weighted by atomic mass is 16.5. The quantitative estimate of drug-likeness (QED) is 0.280. The number of likely N-dealkylation sites (N-methyl/N-ethyl adjacent to an activating group) is 2. The first-order valence-corrected chi connectivity index (χ1v) is 15.3. The van der Waals surface area contributed by atoms with E-state index in [0.717, 1.165) is 28.8 Å². The van der Waals surface area contributed by atoms with Crippen molar-refractivity contribution in [3.05, 3.63) is 99.5 Å². The molecule has 10 nitrogen and oxygen atoms in total. The Morgan fingerprint density at radius 3 is 2.37 bits per heavy atom. The van der Waals surface area contributed by atoms with Gasteiger partial charge in [-0.1, -0.05) is 51.1 Å². The van der Waals surface area contributed by atoms with Gasteiger partial charge in [0.1, 0.15) is 11.8 Å². The smallest absolute Gasteiger partial charge is 0.293 e. The van der Waals surface area contributed by atoms with Crippen LogP contribution in [0.2, 0.25) is 0 Å². The number of carbonyl (C=O) groups excluding carboxylic acids is 2. The summed E-state index contributed by atoms with van der Waals surface area (Å²) in [4.78, 5) is 47.8. The van der Waals surface area contributed by atoms with Gasteiger partial charge in [0.15, 0.2) is 5.82 Å². The number of hydrogen-bond donors (Lipinski definition) is 2. The minimum Gasteiger partial charge on any atom is -0.496 e. The van der Waals surface area contributed by atoms with Crippen LogP contribution in [-0.4, -0.2) is 65.5 Å². The van der Waals surface area contributed by atoms with Crippen LogP contribution in [0.3, 0.4) is 0 Å². The molecule has 0 aliphatic carbocycles. The minimum absolute atomic E-state index is 0.0593. The number of amides is 2. The van der Waals surface area contributed by atoms with E-state index in [2.05, 4.69) is 31.4 Å². The van der Waals surface area contributed by atoms with E-state index in [-0.39, 0.29) is 34.6 Å². The summed E-state index contributed by atoms with van der Waals surface area (Å²) in [5.74, 6) is 0.441. The lowest BCUT2D eigenvalue weighted by atomic mass is 9.86. The molecule has 1 saturated heterocycles. The maximum atomic E-state index is 13.4. The molecule has 3 aromatic carbocycles. The molecule has 10 heteroatoms. The molecule has 2 N–H and O–H groups in total. The Balaban J connectivity index is 1.40. The molecule has 1 fully saturated rings. The van der Waals surface area contributed by atoms with Gasteiger partial charge < -0.3 is 24.8 Å². The summed E-state index contributed by atoms with van der Waals surface area (Å²) < 4.78 is 7.05. The fraction of sp³-hybridized carbons (Fsp3) is 0.333. The fourth-order valence-corrected chi connectivity index (χ4v) is 5.63. The number of aryl methyl sites for hydroxylation is 1. The van der Waals surface area contributed by atoms with Gasteiger partial charge in [0.2, 0.25) is 5.91 Å². The lowest BCUT2D eigenvalue weighted by Crippen LogP contribution is -2.48. The molecule has 5 rings (SSSR count). The van der Waals surface area contributed by atoms with Crippen molar-refractivity contribution in [3.63, 3.8) is 0 Å². The first-order valence-electron chi connectivity index (χ1n) is 15.3. The Hall–Kier alpha value is -4.96. The van der Waals surface area contributed by atoms with E-state index in [1.165, 1.54) is 4.57 Å². The number of hydrogen-bond acceptors (Lipinski definition) is 7. The van der Waals surface area contributed by atoms with Crippen LogP contribution >= 0.6 is 0 Å². The summed E-state index contributed by atoms with van der Waals surface area (Å²) in [6.45, 7) is 9.73. The third kappa shape index (κ3) is 6.53. The van der Waals surface area contributed by atoms with Crippen molar-refractivity contribution >= 4 is 29.0 Å². The van der Waals surface area contributed by atoms with Gasteiger partial charge >= 0.3 is 0 Å². The lowest BCUT2D eigenvalue weighted by molar-refractivity contribution is -0.139. The average Bonchev–Trinajstić information content (AvgIpc) is 3.02. The van der Waals surface area contributed by atoms with Gasteiger partial charge in [0.25, 0.3) is 11.5 Å². The van der Waals surface area contributed by atoms with Gasteiger partial charge in [-0.15, -0.1) is 0 Å². The van der Waals surface area contributed by atoms with E-state index in [0.29, 0.717) is 34.9 Å². The zero-order chi connectivity index (χ0) is 33.3. The monoisotopic (exact) mass is 622 g/mol. The van der Waals surface area contributed by atoms with Crippen LogP contribution in [0.15, 0.2) is 71.7 Å². The molecule has 2 heterocycles. The summed E-state index contributed by atoms with van der Waals surface area (Å²) in [7, 11) is 7.01. The van der Waals surface area contributed by atoms with E-state index in [4.69, 9.17) is 9.72 Å². The van der Waals surface area contributed by atoms with Crippen LogP contribution in [0.4, 0.5) is 17.2 Å².